The molecule has 25 heavy (non-hydrogen) atoms. The van der Waals surface area contributed by atoms with Crippen LogP contribution in [0, 0.1) is 28.6 Å². The van der Waals surface area contributed by atoms with Crippen molar-refractivity contribution in [3.05, 3.63) is 0 Å². The van der Waals surface area contributed by atoms with Crippen molar-refractivity contribution in [2.45, 2.75) is 104 Å². The normalized spacial score (nSPS) is 39.1. The van der Waals surface area contributed by atoms with E-state index in [1.807, 2.05) is 0 Å². The Hall–Kier alpha value is -0.153. The largest absolute Gasteiger partial charge is 0.413 e. The molecule has 0 aliphatic heterocycles. The van der Waals surface area contributed by atoms with Crippen molar-refractivity contribution < 1.29 is 9.22 Å². The molecule has 0 heterocycles. The van der Waals surface area contributed by atoms with E-state index < -0.39 is 8.32 Å². The summed E-state index contributed by atoms with van der Waals surface area (Å²) in [5, 5.41) is 0. The highest BCUT2D eigenvalue weighted by Gasteiger charge is 2.76. The highest BCUT2D eigenvalue weighted by atomic mass is 28.4. The Kier molecular flexibility index (Phi) is 4.85. The van der Waals surface area contributed by atoms with Crippen molar-refractivity contribution in [1.82, 2.24) is 0 Å². The second kappa shape index (κ2) is 6.19. The number of carbonyl (C=O) groups is 1. The number of Topliss-reactive ketones (excluding diaryl/α,β-unsaturated/α-hetero) is 1. The Morgan fingerprint density at radius 2 is 2.00 bits per heavy atom. The zero-order valence-corrected chi connectivity index (χ0v) is 18.7. The molecule has 0 N–H and O–H groups in total. The smallest absolute Gasteiger partial charge is 0.184 e. The van der Waals surface area contributed by atoms with Gasteiger partial charge in [-0.25, -0.2) is 0 Å². The zero-order valence-electron chi connectivity index (χ0n) is 17.7. The molecule has 3 saturated carbocycles. The van der Waals surface area contributed by atoms with Crippen molar-refractivity contribution in [1.29, 1.82) is 0 Å². The summed E-state index contributed by atoms with van der Waals surface area (Å²) in [5.41, 5.74) is 0.426. The van der Waals surface area contributed by atoms with Crippen LogP contribution in [0.1, 0.15) is 79.1 Å². The molecule has 0 aromatic rings. The van der Waals surface area contributed by atoms with Crippen molar-refractivity contribution in [2.24, 2.45) is 28.6 Å². The van der Waals surface area contributed by atoms with Gasteiger partial charge in [-0.15, -0.1) is 0 Å². The van der Waals surface area contributed by atoms with E-state index in [2.05, 4.69) is 47.3 Å². The molecule has 1 spiro atoms. The molecular formula is C22H40O2Si. The third kappa shape index (κ3) is 3.40. The van der Waals surface area contributed by atoms with E-state index in [1.165, 1.54) is 32.1 Å². The van der Waals surface area contributed by atoms with E-state index in [0.29, 0.717) is 11.2 Å². The summed E-state index contributed by atoms with van der Waals surface area (Å²) in [6.45, 7) is 16.3. The molecule has 3 unspecified atom stereocenters. The Labute approximate surface area is 156 Å². The highest BCUT2D eigenvalue weighted by Crippen LogP contribution is 2.78. The minimum absolute atomic E-state index is 0.00787. The van der Waals surface area contributed by atoms with Gasteiger partial charge in [0.2, 0.25) is 0 Å². The molecule has 0 bridgehead atoms. The number of hydrogen-bond donors (Lipinski definition) is 0. The van der Waals surface area contributed by atoms with Crippen LogP contribution in [-0.4, -0.2) is 19.7 Å². The number of carbonyl (C=O) groups excluding carboxylic acids is 1. The van der Waals surface area contributed by atoms with Gasteiger partial charge in [0.05, 0.1) is 5.60 Å². The average molecular weight is 365 g/mol. The first-order valence-corrected chi connectivity index (χ1v) is 14.1. The van der Waals surface area contributed by atoms with E-state index in [-0.39, 0.29) is 11.0 Å². The maximum Gasteiger partial charge on any atom is 0.184 e. The molecule has 3 aliphatic rings. The molecule has 0 radical (unpaired) electrons. The Balaban J connectivity index is 1.56. The monoisotopic (exact) mass is 364 g/mol. The molecule has 0 amide bonds. The maximum absolute atomic E-state index is 12.7. The second-order valence-electron chi connectivity index (χ2n) is 11.3. The van der Waals surface area contributed by atoms with Gasteiger partial charge < -0.3 is 4.43 Å². The summed E-state index contributed by atoms with van der Waals surface area (Å²) in [5.74, 6) is 2.84. The highest BCUT2D eigenvalue weighted by molar-refractivity contribution is 6.69. The third-order valence-electron chi connectivity index (χ3n) is 7.79. The molecule has 2 nitrogen and oxygen atoms in total. The van der Waals surface area contributed by atoms with Crippen LogP contribution in [0.3, 0.4) is 0 Å². The Bertz CT molecular complexity index is 535. The van der Waals surface area contributed by atoms with Gasteiger partial charge in [0, 0.05) is 11.8 Å². The van der Waals surface area contributed by atoms with Crippen LogP contribution in [0.4, 0.5) is 0 Å². The summed E-state index contributed by atoms with van der Waals surface area (Å²) in [7, 11) is -1.48. The predicted octanol–water partition coefficient (Wildman–Crippen LogP) is 6.21. The molecule has 0 saturated heterocycles. The van der Waals surface area contributed by atoms with Crippen molar-refractivity contribution in [2.75, 3.05) is 0 Å². The van der Waals surface area contributed by atoms with Gasteiger partial charge in [0.15, 0.2) is 8.32 Å². The first kappa shape index (κ1) is 19.6. The van der Waals surface area contributed by atoms with Crippen molar-refractivity contribution in [3.63, 3.8) is 0 Å². The molecule has 3 heteroatoms. The van der Waals surface area contributed by atoms with E-state index >= 15 is 0 Å². The minimum Gasteiger partial charge on any atom is -0.413 e. The lowest BCUT2D eigenvalue weighted by molar-refractivity contribution is -0.134. The van der Waals surface area contributed by atoms with Crippen LogP contribution >= 0.6 is 0 Å². The van der Waals surface area contributed by atoms with E-state index in [9.17, 15) is 4.79 Å². The van der Waals surface area contributed by atoms with E-state index in [1.54, 1.807) is 0 Å². The Morgan fingerprint density at radius 1 is 1.32 bits per heavy atom. The van der Waals surface area contributed by atoms with Crippen LogP contribution in [0.15, 0.2) is 0 Å². The van der Waals surface area contributed by atoms with Gasteiger partial charge in [-0.1, -0.05) is 26.7 Å². The lowest BCUT2D eigenvalue weighted by Gasteiger charge is -2.45. The summed E-state index contributed by atoms with van der Waals surface area (Å²) in [6.07, 6.45) is 9.49. The fourth-order valence-corrected chi connectivity index (χ4v) is 8.67. The van der Waals surface area contributed by atoms with Crippen LogP contribution in [0.2, 0.25) is 19.6 Å². The van der Waals surface area contributed by atoms with Gasteiger partial charge in [-0.3, -0.25) is 4.79 Å². The molecule has 144 valence electrons. The first-order chi connectivity index (χ1) is 11.4. The fraction of sp³-hybridized carbons (Fsp3) is 0.955. The molecule has 5 atom stereocenters. The Morgan fingerprint density at radius 3 is 2.64 bits per heavy atom. The summed E-state index contributed by atoms with van der Waals surface area (Å²) >= 11 is 0. The van der Waals surface area contributed by atoms with Gasteiger partial charge in [0.1, 0.15) is 5.78 Å². The van der Waals surface area contributed by atoms with Gasteiger partial charge in [0.25, 0.3) is 0 Å². The minimum atomic E-state index is -1.48. The predicted molar refractivity (Wildman–Crippen MR) is 107 cm³/mol. The standard InChI is InChI=1S/C22H40O2Si/c1-16(10-8-12-20(2,3)24-25(5,6)7)18-14-17-15-22(17)19(23)11-9-13-21(18,22)4/h16-18H,8-15H2,1-7H3/t16?,17?,18-,21-,22?/m1/s1. The third-order valence-corrected chi connectivity index (χ3v) is 8.95. The fourth-order valence-electron chi connectivity index (χ4n) is 6.91. The van der Waals surface area contributed by atoms with Crippen LogP contribution in [-0.2, 0) is 9.22 Å². The molecule has 3 rings (SSSR count). The average Bonchev–Trinajstić information content (AvgIpc) is 3.09. The molecular weight excluding hydrogens is 324 g/mol. The zero-order chi connectivity index (χ0) is 18.7. The quantitative estimate of drug-likeness (QED) is 0.502. The number of ketones is 1. The molecule has 3 fully saturated rings. The summed E-state index contributed by atoms with van der Waals surface area (Å²) in [6, 6.07) is 0. The lowest BCUT2D eigenvalue weighted by Crippen LogP contribution is -2.43. The maximum atomic E-state index is 12.7. The molecule has 0 aromatic heterocycles. The second-order valence-corrected chi connectivity index (χ2v) is 15.7. The number of hydrogen-bond acceptors (Lipinski definition) is 2. The first-order valence-electron chi connectivity index (χ1n) is 10.6. The van der Waals surface area contributed by atoms with E-state index in [0.717, 1.165) is 37.0 Å². The lowest BCUT2D eigenvalue weighted by atomic mass is 9.58. The van der Waals surface area contributed by atoms with Gasteiger partial charge >= 0.3 is 0 Å². The van der Waals surface area contributed by atoms with Gasteiger partial charge in [-0.2, -0.15) is 0 Å². The van der Waals surface area contributed by atoms with Crippen molar-refractivity contribution >= 4 is 14.1 Å². The number of rotatable bonds is 7. The van der Waals surface area contributed by atoms with E-state index in [4.69, 9.17) is 4.43 Å². The van der Waals surface area contributed by atoms with Crippen molar-refractivity contribution in [3.8, 4) is 0 Å². The van der Waals surface area contributed by atoms with Crippen LogP contribution in [0.5, 0.6) is 0 Å². The summed E-state index contributed by atoms with van der Waals surface area (Å²) in [4.78, 5) is 12.7. The van der Waals surface area contributed by atoms with Crippen LogP contribution < -0.4 is 0 Å². The molecule has 0 aromatic carbocycles. The molecule has 3 aliphatic carbocycles. The SMILES string of the molecule is CC(CCCC(C)(C)O[Si](C)(C)C)[C@H]1CC2CC23C(=O)CCC[C@]13C. The van der Waals surface area contributed by atoms with Gasteiger partial charge in [-0.05, 0) is 88.8 Å². The summed E-state index contributed by atoms with van der Waals surface area (Å²) < 4.78 is 6.37. The van der Waals surface area contributed by atoms with Crippen LogP contribution in [0.25, 0.3) is 0 Å². The topological polar surface area (TPSA) is 26.3 Å².